The molecule has 0 saturated carbocycles. The van der Waals surface area contributed by atoms with E-state index in [1.807, 2.05) is 24.3 Å². The summed E-state index contributed by atoms with van der Waals surface area (Å²) in [7, 11) is 0. The van der Waals surface area contributed by atoms with Gasteiger partial charge in [0.25, 0.3) is 0 Å². The number of rotatable bonds is 10. The first-order valence-electron chi connectivity index (χ1n) is 10.1. The minimum atomic E-state index is -5.08. The van der Waals surface area contributed by atoms with Gasteiger partial charge in [0.15, 0.2) is 11.2 Å². The predicted molar refractivity (Wildman–Crippen MR) is 115 cm³/mol. The van der Waals surface area contributed by atoms with Crippen LogP contribution in [0.15, 0.2) is 73.8 Å². The summed E-state index contributed by atoms with van der Waals surface area (Å²) >= 11 is 0. The van der Waals surface area contributed by atoms with Crippen molar-refractivity contribution in [1.82, 2.24) is 0 Å². The van der Waals surface area contributed by atoms with Crippen LogP contribution < -0.4 is 0 Å². The third-order valence-electron chi connectivity index (χ3n) is 5.74. The van der Waals surface area contributed by atoms with Gasteiger partial charge in [0.2, 0.25) is 0 Å². The highest BCUT2D eigenvalue weighted by atomic mass is 19.3. The Morgan fingerprint density at radius 2 is 1.26 bits per heavy atom. The normalized spacial score (nSPS) is 16.3. The van der Waals surface area contributed by atoms with Crippen LogP contribution in [0.1, 0.15) is 37.8 Å². The first-order chi connectivity index (χ1) is 14.4. The van der Waals surface area contributed by atoms with Gasteiger partial charge in [0.05, 0.1) is 0 Å². The van der Waals surface area contributed by atoms with Crippen molar-refractivity contribution in [3.05, 3.63) is 85.0 Å². The molecule has 6 heteroatoms. The lowest BCUT2D eigenvalue weighted by molar-refractivity contribution is -0.327. The fourth-order valence-corrected chi connectivity index (χ4v) is 3.50. The van der Waals surface area contributed by atoms with Crippen LogP contribution in [0.4, 0.5) is 17.6 Å². The summed E-state index contributed by atoms with van der Waals surface area (Å²) in [4.78, 5) is 0. The van der Waals surface area contributed by atoms with Crippen LogP contribution in [0, 0.1) is 0 Å². The van der Waals surface area contributed by atoms with Crippen molar-refractivity contribution < 1.29 is 27.8 Å². The molecular weight excluding hydrogens is 408 g/mol. The summed E-state index contributed by atoms with van der Waals surface area (Å²) in [5.74, 6) is -10.1. The van der Waals surface area contributed by atoms with E-state index in [2.05, 4.69) is 20.1 Å². The fraction of sp³-hybridized carbons (Fsp3) is 0.360. The van der Waals surface area contributed by atoms with E-state index >= 15 is 8.78 Å². The summed E-state index contributed by atoms with van der Waals surface area (Å²) in [6.45, 7) is 9.41. The van der Waals surface area contributed by atoms with Crippen molar-refractivity contribution in [2.45, 2.75) is 56.2 Å². The van der Waals surface area contributed by atoms with Gasteiger partial charge in [-0.1, -0.05) is 81.5 Å². The number of alkyl halides is 4. The largest absolute Gasteiger partial charge is 0.379 e. The van der Waals surface area contributed by atoms with E-state index in [0.29, 0.717) is 17.7 Å². The van der Waals surface area contributed by atoms with Crippen LogP contribution in [-0.4, -0.2) is 27.7 Å². The average molecular weight is 436 g/mol. The molecule has 0 fully saturated rings. The van der Waals surface area contributed by atoms with Gasteiger partial charge in [-0.05, 0) is 41.2 Å². The SMILES string of the molecule is C=CC(O)(CC)C(F)(F)C(F)(F)C(O)(C=C)c1ccc(-c2ccc(CCC)cc2)cc1. The lowest BCUT2D eigenvalue weighted by atomic mass is 9.77. The molecule has 0 aliphatic rings. The van der Waals surface area contributed by atoms with E-state index < -0.39 is 35.0 Å². The summed E-state index contributed by atoms with van der Waals surface area (Å²) in [6.07, 6.45) is 1.96. The molecule has 2 unspecified atom stereocenters. The van der Waals surface area contributed by atoms with Crippen molar-refractivity contribution in [3.8, 4) is 11.1 Å². The number of benzene rings is 2. The molecule has 0 heterocycles. The van der Waals surface area contributed by atoms with Gasteiger partial charge in [-0.3, -0.25) is 0 Å². The molecule has 31 heavy (non-hydrogen) atoms. The van der Waals surface area contributed by atoms with Crippen LogP contribution in [-0.2, 0) is 12.0 Å². The molecule has 2 atom stereocenters. The van der Waals surface area contributed by atoms with Gasteiger partial charge in [-0.2, -0.15) is 17.6 Å². The molecule has 2 aromatic carbocycles. The van der Waals surface area contributed by atoms with Crippen LogP contribution in [0.3, 0.4) is 0 Å². The first kappa shape index (κ1) is 24.8. The van der Waals surface area contributed by atoms with E-state index in [1.54, 1.807) is 0 Å². The van der Waals surface area contributed by atoms with Crippen LogP contribution in [0.2, 0.25) is 0 Å². The smallest absolute Gasteiger partial charge is 0.349 e. The molecule has 2 rings (SSSR count). The maximum atomic E-state index is 15.1. The maximum absolute atomic E-state index is 15.1. The molecule has 2 aromatic rings. The lowest BCUT2D eigenvalue weighted by Crippen LogP contribution is -2.65. The monoisotopic (exact) mass is 436 g/mol. The summed E-state index contributed by atoms with van der Waals surface area (Å²) in [5.41, 5.74) is -4.46. The van der Waals surface area contributed by atoms with Gasteiger partial charge in [-0.25, -0.2) is 0 Å². The minimum Gasteiger partial charge on any atom is -0.379 e. The maximum Gasteiger partial charge on any atom is 0.349 e. The number of aliphatic hydroxyl groups is 2. The Balaban J connectivity index is 2.46. The first-order valence-corrected chi connectivity index (χ1v) is 10.1. The minimum absolute atomic E-state index is 0.370. The molecule has 2 nitrogen and oxygen atoms in total. The van der Waals surface area contributed by atoms with Crippen molar-refractivity contribution >= 4 is 0 Å². The molecule has 2 N–H and O–H groups in total. The highest BCUT2D eigenvalue weighted by Gasteiger charge is 2.74. The van der Waals surface area contributed by atoms with E-state index in [9.17, 15) is 19.0 Å². The molecule has 0 aromatic heterocycles. The van der Waals surface area contributed by atoms with Gasteiger partial charge >= 0.3 is 11.8 Å². The van der Waals surface area contributed by atoms with E-state index in [-0.39, 0.29) is 0 Å². The second kappa shape index (κ2) is 8.97. The molecule has 0 aliphatic carbocycles. The standard InChI is InChI=1S/C25H28F4O2/c1-5-9-18-10-12-19(13-11-18)20-14-16-21(17-15-20)23(31,8-4)25(28,29)24(26,27)22(30,6-2)7-3/h6,8,10-17,30-31H,2,4-5,7,9H2,1,3H3. The number of aryl methyl sites for hydroxylation is 1. The van der Waals surface area contributed by atoms with Crippen LogP contribution >= 0.6 is 0 Å². The summed E-state index contributed by atoms with van der Waals surface area (Å²) in [5, 5.41) is 20.7. The number of halogens is 4. The Kier molecular flexibility index (Phi) is 7.18. The molecule has 0 radical (unpaired) electrons. The second-order valence-corrected chi connectivity index (χ2v) is 7.63. The van der Waals surface area contributed by atoms with Crippen molar-refractivity contribution in [3.63, 3.8) is 0 Å². The Bertz CT molecular complexity index is 906. The molecule has 0 aliphatic heterocycles. The predicted octanol–water partition coefficient (Wildman–Crippen LogP) is 6.28. The van der Waals surface area contributed by atoms with Crippen molar-refractivity contribution in [2.24, 2.45) is 0 Å². The second-order valence-electron chi connectivity index (χ2n) is 7.63. The summed E-state index contributed by atoms with van der Waals surface area (Å²) in [6, 6.07) is 12.9. The topological polar surface area (TPSA) is 40.5 Å². The molecular formula is C25H28F4O2. The Hall–Kier alpha value is -2.44. The summed E-state index contributed by atoms with van der Waals surface area (Å²) < 4.78 is 59.7. The van der Waals surface area contributed by atoms with Crippen LogP contribution in [0.25, 0.3) is 11.1 Å². The quantitative estimate of drug-likeness (QED) is 0.340. The number of hydrogen-bond donors (Lipinski definition) is 2. The van der Waals surface area contributed by atoms with E-state index in [4.69, 9.17) is 0 Å². The van der Waals surface area contributed by atoms with Gasteiger partial charge in [0.1, 0.15) is 0 Å². The van der Waals surface area contributed by atoms with E-state index in [1.165, 1.54) is 12.1 Å². The van der Waals surface area contributed by atoms with Gasteiger partial charge < -0.3 is 10.2 Å². The molecule has 0 amide bonds. The van der Waals surface area contributed by atoms with Gasteiger partial charge in [-0.15, -0.1) is 6.58 Å². The van der Waals surface area contributed by atoms with Crippen molar-refractivity contribution in [1.29, 1.82) is 0 Å². The highest BCUT2D eigenvalue weighted by molar-refractivity contribution is 5.64. The Morgan fingerprint density at radius 1 is 0.774 bits per heavy atom. The van der Waals surface area contributed by atoms with Gasteiger partial charge in [0, 0.05) is 0 Å². The molecule has 0 spiro atoms. The lowest BCUT2D eigenvalue weighted by Gasteiger charge is -2.44. The Morgan fingerprint density at radius 3 is 1.65 bits per heavy atom. The van der Waals surface area contributed by atoms with Crippen molar-refractivity contribution in [2.75, 3.05) is 0 Å². The fourth-order valence-electron chi connectivity index (χ4n) is 3.50. The third-order valence-corrected chi connectivity index (χ3v) is 5.74. The molecule has 168 valence electrons. The third kappa shape index (κ3) is 4.06. The average Bonchev–Trinajstić information content (AvgIpc) is 2.78. The Labute approximate surface area is 180 Å². The zero-order valence-electron chi connectivity index (χ0n) is 17.7. The zero-order chi connectivity index (χ0) is 23.5. The van der Waals surface area contributed by atoms with E-state index in [0.717, 1.165) is 43.0 Å². The highest BCUT2D eigenvalue weighted by Crippen LogP contribution is 2.53. The molecule has 0 bridgehead atoms. The van der Waals surface area contributed by atoms with Crippen LogP contribution in [0.5, 0.6) is 0 Å². The molecule has 0 saturated heterocycles. The zero-order valence-corrected chi connectivity index (χ0v) is 17.7. The number of hydrogen-bond acceptors (Lipinski definition) is 2.